The van der Waals surface area contributed by atoms with E-state index < -0.39 is 18.0 Å². The van der Waals surface area contributed by atoms with Crippen molar-refractivity contribution in [3.63, 3.8) is 0 Å². The number of benzene rings is 2. The first kappa shape index (κ1) is 22.6. The summed E-state index contributed by atoms with van der Waals surface area (Å²) in [6.45, 7) is 0.743. The molecule has 1 aliphatic heterocycles. The van der Waals surface area contributed by atoms with E-state index in [1.807, 2.05) is 60.7 Å². The second-order valence-corrected chi connectivity index (χ2v) is 7.75. The first-order chi connectivity index (χ1) is 15.9. The third kappa shape index (κ3) is 5.79. The van der Waals surface area contributed by atoms with Gasteiger partial charge in [0.15, 0.2) is 5.69 Å². The molecule has 0 aliphatic carbocycles. The van der Waals surface area contributed by atoms with E-state index in [1.54, 1.807) is 4.90 Å². The highest BCUT2D eigenvalue weighted by Gasteiger charge is 2.34. The molecule has 6 nitrogen and oxygen atoms in total. The maximum atomic E-state index is 13.1. The van der Waals surface area contributed by atoms with Crippen molar-refractivity contribution >= 4 is 6.03 Å². The lowest BCUT2D eigenvalue weighted by Crippen LogP contribution is -2.49. The molecule has 1 aliphatic rings. The normalized spacial score (nSPS) is 16.5. The molecular weight excluding hydrogens is 433 g/mol. The van der Waals surface area contributed by atoms with Gasteiger partial charge in [-0.15, -0.1) is 0 Å². The number of ether oxygens (including phenoxy) is 1. The largest absolute Gasteiger partial charge is 0.458 e. The summed E-state index contributed by atoms with van der Waals surface area (Å²) in [5, 5.41) is 3.08. The zero-order valence-corrected chi connectivity index (χ0v) is 17.7. The number of likely N-dealkylation sites (tertiary alicyclic amines) is 1. The van der Waals surface area contributed by atoms with Crippen molar-refractivity contribution in [2.45, 2.75) is 31.2 Å². The third-order valence-corrected chi connectivity index (χ3v) is 5.39. The summed E-state index contributed by atoms with van der Waals surface area (Å²) in [6.07, 6.45) is -2.82. The van der Waals surface area contributed by atoms with E-state index in [2.05, 4.69) is 15.3 Å². The maximum Gasteiger partial charge on any atom is 0.433 e. The predicted octanol–water partition coefficient (Wildman–Crippen LogP) is 4.84. The van der Waals surface area contributed by atoms with Gasteiger partial charge in [-0.1, -0.05) is 60.7 Å². The SMILES string of the molecule is O=C(NC(c1ccccc1)c1ccccc1)N1CCCC(Oc2nccc(C(F)(F)F)n2)C1. The number of nitrogens with zero attached hydrogens (tertiary/aromatic N) is 3. The summed E-state index contributed by atoms with van der Waals surface area (Å²) in [7, 11) is 0. The summed E-state index contributed by atoms with van der Waals surface area (Å²) >= 11 is 0. The van der Waals surface area contributed by atoms with Gasteiger partial charge >= 0.3 is 18.2 Å². The lowest BCUT2D eigenvalue weighted by atomic mass is 9.99. The van der Waals surface area contributed by atoms with E-state index in [9.17, 15) is 18.0 Å². The molecule has 1 atom stereocenters. The monoisotopic (exact) mass is 456 g/mol. The Morgan fingerprint density at radius 2 is 1.67 bits per heavy atom. The first-order valence-electron chi connectivity index (χ1n) is 10.6. The molecule has 9 heteroatoms. The van der Waals surface area contributed by atoms with Gasteiger partial charge in [0.25, 0.3) is 0 Å². The molecule has 172 valence electrons. The Balaban J connectivity index is 1.45. The minimum absolute atomic E-state index is 0.224. The van der Waals surface area contributed by atoms with Crippen molar-refractivity contribution in [2.24, 2.45) is 0 Å². The number of nitrogens with one attached hydrogen (secondary N) is 1. The molecule has 1 unspecified atom stereocenters. The average molecular weight is 456 g/mol. The van der Waals surface area contributed by atoms with Crippen molar-refractivity contribution in [1.29, 1.82) is 0 Å². The van der Waals surface area contributed by atoms with E-state index >= 15 is 0 Å². The van der Waals surface area contributed by atoms with Crippen LogP contribution in [-0.2, 0) is 6.18 Å². The van der Waals surface area contributed by atoms with Gasteiger partial charge in [-0.05, 0) is 30.0 Å². The van der Waals surface area contributed by atoms with Crippen LogP contribution in [0.25, 0.3) is 0 Å². The molecule has 1 saturated heterocycles. The Morgan fingerprint density at radius 3 is 2.27 bits per heavy atom. The Kier molecular flexibility index (Phi) is 6.76. The number of urea groups is 1. The van der Waals surface area contributed by atoms with Crippen LogP contribution in [-0.4, -0.2) is 40.1 Å². The first-order valence-corrected chi connectivity index (χ1v) is 10.6. The van der Waals surface area contributed by atoms with Gasteiger partial charge in [-0.3, -0.25) is 0 Å². The minimum Gasteiger partial charge on any atom is -0.458 e. The molecule has 0 bridgehead atoms. The topological polar surface area (TPSA) is 67.4 Å². The number of halogens is 3. The van der Waals surface area contributed by atoms with Crippen molar-refractivity contribution in [3.05, 3.63) is 89.7 Å². The lowest BCUT2D eigenvalue weighted by molar-refractivity contribution is -0.141. The number of hydrogen-bond donors (Lipinski definition) is 1. The number of carbonyl (C=O) groups excluding carboxylic acids is 1. The molecule has 33 heavy (non-hydrogen) atoms. The fourth-order valence-corrected chi connectivity index (χ4v) is 3.79. The van der Waals surface area contributed by atoms with Crippen LogP contribution in [0.1, 0.15) is 35.7 Å². The quantitative estimate of drug-likeness (QED) is 0.597. The van der Waals surface area contributed by atoms with Gasteiger partial charge in [0, 0.05) is 12.7 Å². The molecule has 2 amide bonds. The molecule has 2 aromatic carbocycles. The van der Waals surface area contributed by atoms with Crippen molar-refractivity contribution in [2.75, 3.05) is 13.1 Å². The fraction of sp³-hybridized carbons (Fsp3) is 0.292. The summed E-state index contributed by atoms with van der Waals surface area (Å²) in [5.74, 6) is 0. The van der Waals surface area contributed by atoms with Crippen molar-refractivity contribution in [3.8, 4) is 6.01 Å². The van der Waals surface area contributed by atoms with Crippen LogP contribution in [0.3, 0.4) is 0 Å². The summed E-state index contributed by atoms with van der Waals surface area (Å²) < 4.78 is 44.3. The molecule has 3 aromatic rings. The minimum atomic E-state index is -4.58. The van der Waals surface area contributed by atoms with Crippen LogP contribution < -0.4 is 10.1 Å². The van der Waals surface area contributed by atoms with Gasteiger partial charge < -0.3 is 15.0 Å². The molecule has 2 heterocycles. The van der Waals surface area contributed by atoms with E-state index in [0.29, 0.717) is 19.4 Å². The molecule has 1 N–H and O–H groups in total. The number of alkyl halides is 3. The van der Waals surface area contributed by atoms with Gasteiger partial charge in [0.2, 0.25) is 0 Å². The number of aromatic nitrogens is 2. The predicted molar refractivity (Wildman–Crippen MR) is 116 cm³/mol. The number of hydrogen-bond acceptors (Lipinski definition) is 4. The Bertz CT molecular complexity index is 1020. The number of rotatable bonds is 5. The molecule has 1 fully saturated rings. The standard InChI is InChI=1S/C24H23F3N4O2/c25-24(26,27)20-13-14-28-22(29-20)33-19-12-7-15-31(16-19)23(32)30-21(17-8-3-1-4-9-17)18-10-5-2-6-11-18/h1-6,8-11,13-14,19,21H,7,12,15-16H2,(H,30,32). The van der Waals surface area contributed by atoms with Crippen LogP contribution >= 0.6 is 0 Å². The smallest absolute Gasteiger partial charge is 0.433 e. The molecule has 0 saturated carbocycles. The van der Waals surface area contributed by atoms with Crippen LogP contribution in [0.4, 0.5) is 18.0 Å². The summed E-state index contributed by atoms with van der Waals surface area (Å²) in [5.41, 5.74) is 0.824. The molecular formula is C24H23F3N4O2. The lowest BCUT2D eigenvalue weighted by Gasteiger charge is -2.33. The molecule has 1 aromatic heterocycles. The number of carbonyl (C=O) groups is 1. The van der Waals surface area contributed by atoms with Crippen LogP contribution in [0.2, 0.25) is 0 Å². The molecule has 0 spiro atoms. The zero-order valence-electron chi connectivity index (χ0n) is 17.7. The molecule has 4 rings (SSSR count). The number of amides is 2. The van der Waals surface area contributed by atoms with Gasteiger partial charge in [0.05, 0.1) is 12.6 Å². The van der Waals surface area contributed by atoms with Crippen molar-refractivity contribution in [1.82, 2.24) is 20.2 Å². The molecule has 0 radical (unpaired) electrons. The Morgan fingerprint density at radius 1 is 1.03 bits per heavy atom. The van der Waals surface area contributed by atoms with Crippen molar-refractivity contribution < 1.29 is 22.7 Å². The second-order valence-electron chi connectivity index (χ2n) is 7.75. The second kappa shape index (κ2) is 9.89. The number of piperidine rings is 1. The Hall–Kier alpha value is -3.62. The fourth-order valence-electron chi connectivity index (χ4n) is 3.79. The van der Waals surface area contributed by atoms with E-state index in [-0.39, 0.29) is 24.6 Å². The van der Waals surface area contributed by atoms with E-state index in [0.717, 1.165) is 23.4 Å². The average Bonchev–Trinajstić information content (AvgIpc) is 2.83. The highest BCUT2D eigenvalue weighted by atomic mass is 19.4. The van der Waals surface area contributed by atoms with E-state index in [4.69, 9.17) is 4.74 Å². The highest BCUT2D eigenvalue weighted by Crippen LogP contribution is 2.28. The van der Waals surface area contributed by atoms with Gasteiger partial charge in [-0.2, -0.15) is 18.2 Å². The maximum absolute atomic E-state index is 13.1. The zero-order chi connectivity index (χ0) is 23.3. The van der Waals surface area contributed by atoms with E-state index in [1.165, 1.54) is 0 Å². The van der Waals surface area contributed by atoms with Gasteiger partial charge in [0.1, 0.15) is 6.10 Å². The Labute approximate surface area is 189 Å². The summed E-state index contributed by atoms with van der Waals surface area (Å²) in [6, 6.07) is 19.1. The third-order valence-electron chi connectivity index (χ3n) is 5.39. The summed E-state index contributed by atoms with van der Waals surface area (Å²) in [4.78, 5) is 22.0. The van der Waals surface area contributed by atoms with Crippen LogP contribution in [0.15, 0.2) is 72.9 Å². The highest BCUT2D eigenvalue weighted by molar-refractivity contribution is 5.75. The van der Waals surface area contributed by atoms with Gasteiger partial charge in [-0.25, -0.2) is 9.78 Å². The van der Waals surface area contributed by atoms with Crippen LogP contribution in [0, 0.1) is 0 Å². The van der Waals surface area contributed by atoms with Crippen LogP contribution in [0.5, 0.6) is 6.01 Å².